The van der Waals surface area contributed by atoms with Gasteiger partial charge in [0.1, 0.15) is 11.8 Å². The molecule has 0 spiro atoms. The Hall–Kier alpha value is -2.97. The molecule has 10 heteroatoms. The third-order valence-electron chi connectivity index (χ3n) is 6.23. The second-order valence-corrected chi connectivity index (χ2v) is 10.8. The molecule has 6 N–H and O–H groups in total. The van der Waals surface area contributed by atoms with Crippen molar-refractivity contribution >= 4 is 30.4 Å². The Bertz CT molecular complexity index is 1190. The summed E-state index contributed by atoms with van der Waals surface area (Å²) < 4.78 is 12.3. The van der Waals surface area contributed by atoms with Crippen molar-refractivity contribution in [2.75, 3.05) is 0 Å². The van der Waals surface area contributed by atoms with Crippen LogP contribution < -0.4 is 10.6 Å². The summed E-state index contributed by atoms with van der Waals surface area (Å²) in [7, 11) is -4.58. The minimum Gasteiger partial charge on any atom is -0.480 e. The first-order chi connectivity index (χ1) is 17.2. The standard InChI is InChI=1S/C26H34N3O6P/c1-2-3-12-22(28-24(36(33,34)35)15-14-18-9-5-4-6-10-18)25(30)29-23(26(31)32)16-19-17-27-21-13-8-7-11-20(19)21/h4-11,13,17,22-24,27-28H,2-3,12,14-16H2,1H3,(H,29,30)(H,31,32)(H2,33,34,35)/t22-,23-,24?/m0/s1. The molecule has 0 aliphatic carbocycles. The average molecular weight is 516 g/mol. The van der Waals surface area contributed by atoms with Gasteiger partial charge in [-0.25, -0.2) is 4.79 Å². The maximum absolute atomic E-state index is 13.2. The van der Waals surface area contributed by atoms with Gasteiger partial charge in [0, 0.05) is 23.5 Å². The number of H-pyrrole nitrogens is 1. The van der Waals surface area contributed by atoms with Gasteiger partial charge in [0.25, 0.3) is 0 Å². The van der Waals surface area contributed by atoms with E-state index in [1.165, 1.54) is 0 Å². The van der Waals surface area contributed by atoms with Crippen LogP contribution in [0.25, 0.3) is 10.9 Å². The van der Waals surface area contributed by atoms with Gasteiger partial charge in [0.05, 0.1) is 6.04 Å². The van der Waals surface area contributed by atoms with E-state index in [0.717, 1.165) is 28.5 Å². The van der Waals surface area contributed by atoms with Gasteiger partial charge in [-0.2, -0.15) is 0 Å². The number of para-hydroxylation sites is 1. The molecule has 0 saturated carbocycles. The molecule has 0 saturated heterocycles. The highest BCUT2D eigenvalue weighted by atomic mass is 31.2. The summed E-state index contributed by atoms with van der Waals surface area (Å²) in [6.45, 7) is 1.95. The van der Waals surface area contributed by atoms with Crippen LogP contribution in [0.1, 0.15) is 43.7 Å². The molecule has 0 aliphatic rings. The molecule has 3 rings (SSSR count). The fourth-order valence-electron chi connectivity index (χ4n) is 4.22. The first kappa shape index (κ1) is 27.6. The molecule has 2 aromatic carbocycles. The molecule has 3 aromatic rings. The highest BCUT2D eigenvalue weighted by Crippen LogP contribution is 2.42. The number of carbonyl (C=O) groups excluding carboxylic acids is 1. The lowest BCUT2D eigenvalue weighted by atomic mass is 10.0. The van der Waals surface area contributed by atoms with E-state index in [2.05, 4.69) is 15.6 Å². The van der Waals surface area contributed by atoms with Gasteiger partial charge in [-0.15, -0.1) is 0 Å². The van der Waals surface area contributed by atoms with E-state index >= 15 is 0 Å². The van der Waals surface area contributed by atoms with Crippen molar-refractivity contribution in [1.29, 1.82) is 0 Å². The number of rotatable bonds is 14. The van der Waals surface area contributed by atoms with Crippen LogP contribution in [0.4, 0.5) is 0 Å². The van der Waals surface area contributed by atoms with Crippen molar-refractivity contribution in [1.82, 2.24) is 15.6 Å². The Labute approximate surface area is 210 Å². The third kappa shape index (κ3) is 7.77. The third-order valence-corrected chi connectivity index (χ3v) is 7.44. The molecule has 1 unspecified atom stereocenters. The Balaban J connectivity index is 1.73. The highest BCUT2D eigenvalue weighted by Gasteiger charge is 2.34. The number of aliphatic carboxylic acids is 1. The van der Waals surface area contributed by atoms with E-state index in [4.69, 9.17) is 0 Å². The highest BCUT2D eigenvalue weighted by molar-refractivity contribution is 7.52. The lowest BCUT2D eigenvalue weighted by molar-refractivity contribution is -0.142. The van der Waals surface area contributed by atoms with Gasteiger partial charge in [0.15, 0.2) is 0 Å². The largest absolute Gasteiger partial charge is 0.480 e. The first-order valence-electron chi connectivity index (χ1n) is 12.1. The van der Waals surface area contributed by atoms with Crippen molar-refractivity contribution in [3.05, 3.63) is 71.9 Å². The minimum atomic E-state index is -4.58. The van der Waals surface area contributed by atoms with Gasteiger partial charge in [-0.05, 0) is 36.5 Å². The first-order valence-corrected chi connectivity index (χ1v) is 13.8. The number of carboxylic acids is 1. The van der Waals surface area contributed by atoms with E-state index in [1.54, 1.807) is 6.20 Å². The number of aromatic nitrogens is 1. The summed E-state index contributed by atoms with van der Waals surface area (Å²) in [4.78, 5) is 48.2. The molecule has 0 aliphatic heterocycles. The quantitative estimate of drug-likeness (QED) is 0.180. The molecule has 9 nitrogen and oxygen atoms in total. The number of carbonyl (C=O) groups is 2. The van der Waals surface area contributed by atoms with Crippen LogP contribution in [-0.4, -0.2) is 49.6 Å². The van der Waals surface area contributed by atoms with Crippen molar-refractivity contribution in [3.8, 4) is 0 Å². The predicted molar refractivity (Wildman–Crippen MR) is 139 cm³/mol. The van der Waals surface area contributed by atoms with Crippen molar-refractivity contribution < 1.29 is 29.0 Å². The number of unbranched alkanes of at least 4 members (excludes halogenated alkanes) is 1. The maximum Gasteiger partial charge on any atom is 0.342 e. The fraction of sp³-hybridized carbons (Fsp3) is 0.385. The Morgan fingerprint density at radius 1 is 1.00 bits per heavy atom. The van der Waals surface area contributed by atoms with E-state index in [1.807, 2.05) is 61.5 Å². The molecule has 0 radical (unpaired) electrons. The van der Waals surface area contributed by atoms with Crippen LogP contribution >= 0.6 is 7.60 Å². The molecule has 1 amide bonds. The number of nitrogens with one attached hydrogen (secondary N) is 3. The molecule has 194 valence electrons. The lowest BCUT2D eigenvalue weighted by Crippen LogP contribution is -2.53. The van der Waals surface area contributed by atoms with Crippen LogP contribution in [0.15, 0.2) is 60.8 Å². The summed E-state index contributed by atoms with van der Waals surface area (Å²) in [6.07, 6.45) is 4.08. The Morgan fingerprint density at radius 2 is 1.69 bits per heavy atom. The van der Waals surface area contributed by atoms with Gasteiger partial charge >= 0.3 is 13.6 Å². The molecule has 3 atom stereocenters. The number of hydrogen-bond donors (Lipinski definition) is 6. The van der Waals surface area contributed by atoms with Crippen LogP contribution in [0, 0.1) is 0 Å². The zero-order chi connectivity index (χ0) is 26.1. The maximum atomic E-state index is 13.2. The second kappa shape index (κ2) is 12.8. The SMILES string of the molecule is CCCC[C@H](NC(CCc1ccccc1)P(=O)(O)O)C(=O)N[C@@H](Cc1c[nH]c2ccccc12)C(=O)O. The van der Waals surface area contributed by atoms with E-state index in [-0.39, 0.29) is 12.8 Å². The summed E-state index contributed by atoms with van der Waals surface area (Å²) in [5, 5.41) is 16.1. The van der Waals surface area contributed by atoms with Crippen molar-refractivity contribution in [2.24, 2.45) is 0 Å². The van der Waals surface area contributed by atoms with Gasteiger partial charge in [0.2, 0.25) is 5.91 Å². The van der Waals surface area contributed by atoms with Crippen LogP contribution in [0.5, 0.6) is 0 Å². The molecule has 0 bridgehead atoms. The molecule has 36 heavy (non-hydrogen) atoms. The number of carboxylic acid groups (broad SMARTS) is 1. The summed E-state index contributed by atoms with van der Waals surface area (Å²) in [6, 6.07) is 14.7. The van der Waals surface area contributed by atoms with Gasteiger partial charge in [-0.3, -0.25) is 14.7 Å². The smallest absolute Gasteiger partial charge is 0.342 e. The number of amides is 1. The zero-order valence-corrected chi connectivity index (χ0v) is 21.2. The number of aryl methyl sites for hydroxylation is 1. The Morgan fingerprint density at radius 3 is 2.36 bits per heavy atom. The van der Waals surface area contributed by atoms with Crippen LogP contribution in [-0.2, 0) is 27.0 Å². The number of hydrogen-bond acceptors (Lipinski definition) is 4. The zero-order valence-electron chi connectivity index (χ0n) is 20.3. The van der Waals surface area contributed by atoms with E-state index in [0.29, 0.717) is 19.3 Å². The number of aromatic amines is 1. The molecule has 1 heterocycles. The van der Waals surface area contributed by atoms with E-state index < -0.39 is 37.3 Å². The van der Waals surface area contributed by atoms with Gasteiger partial charge < -0.3 is 25.2 Å². The second-order valence-electron chi connectivity index (χ2n) is 8.95. The van der Waals surface area contributed by atoms with Crippen LogP contribution in [0.2, 0.25) is 0 Å². The molecular weight excluding hydrogens is 481 g/mol. The number of fused-ring (bicyclic) bond motifs is 1. The van der Waals surface area contributed by atoms with Crippen LogP contribution in [0.3, 0.4) is 0 Å². The normalized spacial score (nSPS) is 14.3. The van der Waals surface area contributed by atoms with Crippen molar-refractivity contribution in [2.45, 2.75) is 63.3 Å². The van der Waals surface area contributed by atoms with Crippen molar-refractivity contribution in [3.63, 3.8) is 0 Å². The molecule has 0 fully saturated rings. The van der Waals surface area contributed by atoms with E-state index in [9.17, 15) is 29.0 Å². The van der Waals surface area contributed by atoms with Gasteiger partial charge in [-0.1, -0.05) is 68.3 Å². The summed E-state index contributed by atoms with van der Waals surface area (Å²) in [5.74, 6) is -3.01. The average Bonchev–Trinajstić information content (AvgIpc) is 3.25. The minimum absolute atomic E-state index is 0.0709. The fourth-order valence-corrected chi connectivity index (χ4v) is 5.06. The topological polar surface area (TPSA) is 152 Å². The number of benzene rings is 2. The predicted octanol–water partition coefficient (Wildman–Crippen LogP) is 3.56. The molecular formula is C26H34N3O6P. The summed E-state index contributed by atoms with van der Waals surface area (Å²) >= 11 is 0. The monoisotopic (exact) mass is 515 g/mol. The molecule has 1 aromatic heterocycles. The Kier molecular flexibility index (Phi) is 9.84. The lowest BCUT2D eigenvalue weighted by Gasteiger charge is -2.27. The summed E-state index contributed by atoms with van der Waals surface area (Å²) in [5.41, 5.74) is 2.55.